The van der Waals surface area contributed by atoms with E-state index in [2.05, 4.69) is 28.6 Å². The molecule has 15 N–H and O–H groups in total. The third-order valence-electron chi connectivity index (χ3n) is 11.0. The van der Waals surface area contributed by atoms with E-state index < -0.39 is 174 Å². The maximum atomic E-state index is 13.2. The quantitative estimate of drug-likeness (QED) is 0.00898. The molecule has 0 aromatic heterocycles. The lowest BCUT2D eigenvalue weighted by Crippen LogP contribution is -2.68. The van der Waals surface area contributed by atoms with Gasteiger partial charge in [0.2, 0.25) is 23.5 Å². The first kappa shape index (κ1) is 65.6. The minimum absolute atomic E-state index is 0.0255. The molecule has 28 nitrogen and oxygen atoms in total. The van der Waals surface area contributed by atoms with Crippen LogP contribution in [-0.4, -0.2) is 274 Å². The van der Waals surface area contributed by atoms with Crippen LogP contribution in [0.15, 0.2) is 0 Å². The number of carbonyl (C=O) groups excluding carboxylic acids is 4. The Morgan fingerprint density at radius 2 is 1.41 bits per heavy atom. The molecule has 18 atom stereocenters. The van der Waals surface area contributed by atoms with E-state index in [1.807, 2.05) is 0 Å². The van der Waals surface area contributed by atoms with E-state index in [1.165, 1.54) is 14.2 Å². The molecule has 0 aromatic rings. The minimum Gasteiger partial charge on any atom is -0.396 e. The lowest BCUT2D eigenvalue weighted by molar-refractivity contribution is -0.346. The number of hydroxylamine groups is 2. The first-order chi connectivity index (χ1) is 33.1. The van der Waals surface area contributed by atoms with Crippen LogP contribution in [0.3, 0.4) is 0 Å². The summed E-state index contributed by atoms with van der Waals surface area (Å²) in [5.74, 6) is -4.11. The molecule has 0 aliphatic carbocycles. The van der Waals surface area contributed by atoms with Gasteiger partial charge in [0.15, 0.2) is 25.1 Å². The lowest BCUT2D eigenvalue weighted by atomic mass is 9.88. The molecule has 8 unspecified atom stereocenters. The van der Waals surface area contributed by atoms with Gasteiger partial charge in [-0.2, -0.15) is 17.7 Å². The summed E-state index contributed by atoms with van der Waals surface area (Å²) in [6.07, 6.45) is -30.6. The van der Waals surface area contributed by atoms with Crippen molar-refractivity contribution in [1.29, 1.82) is 0 Å². The van der Waals surface area contributed by atoms with Crippen LogP contribution in [0.4, 0.5) is 0 Å². The summed E-state index contributed by atoms with van der Waals surface area (Å²) in [5, 5.41) is 138. The van der Waals surface area contributed by atoms with Gasteiger partial charge in [0, 0.05) is 81.4 Å². The number of hydrogen-bond donors (Lipinski definition) is 16. The van der Waals surface area contributed by atoms with Crippen molar-refractivity contribution in [1.82, 2.24) is 21.0 Å². The molecule has 3 amide bonds. The molecule has 0 aromatic carbocycles. The molecule has 0 radical (unpaired) electrons. The molecule has 1 aliphatic rings. The third-order valence-corrected chi connectivity index (χ3v) is 11.4. The highest BCUT2D eigenvalue weighted by Gasteiger charge is 2.55. The molecule has 1 rings (SSSR count). The molecule has 1 saturated heterocycles. The van der Waals surface area contributed by atoms with Crippen LogP contribution in [0.2, 0.25) is 0 Å². The van der Waals surface area contributed by atoms with Gasteiger partial charge < -0.3 is 110 Å². The number of hydrogen-bond acceptors (Lipinski definition) is 26. The van der Waals surface area contributed by atoms with E-state index in [9.17, 15) is 80.5 Å². The fourth-order valence-corrected chi connectivity index (χ4v) is 7.65. The monoisotopic (exact) mass is 1040 g/mol. The van der Waals surface area contributed by atoms with E-state index in [0.717, 1.165) is 33.1 Å². The molecular formula is C41H78N4O24S. The Morgan fingerprint density at radius 1 is 0.814 bits per heavy atom. The summed E-state index contributed by atoms with van der Waals surface area (Å²) in [6, 6.07) is -3.26. The van der Waals surface area contributed by atoms with Crippen LogP contribution < -0.4 is 16.0 Å². The van der Waals surface area contributed by atoms with Gasteiger partial charge in [0.05, 0.1) is 43.7 Å². The predicted octanol–water partition coefficient (Wildman–Crippen LogP) is -7.53. The van der Waals surface area contributed by atoms with Gasteiger partial charge in [0.25, 0.3) is 0 Å². The second-order valence-corrected chi connectivity index (χ2v) is 16.8. The third kappa shape index (κ3) is 20.5. The molecule has 1 heterocycles. The van der Waals surface area contributed by atoms with E-state index in [-0.39, 0.29) is 31.8 Å². The van der Waals surface area contributed by atoms with Crippen LogP contribution >= 0.6 is 12.6 Å². The summed E-state index contributed by atoms with van der Waals surface area (Å²) in [4.78, 5) is 55.4. The number of aliphatic hydroxyl groups is 12. The van der Waals surface area contributed by atoms with Crippen LogP contribution in [0.1, 0.15) is 52.4 Å². The molecule has 0 bridgehead atoms. The van der Waals surface area contributed by atoms with E-state index in [4.69, 9.17) is 38.0 Å². The minimum atomic E-state index is -2.82. The summed E-state index contributed by atoms with van der Waals surface area (Å²) in [7, 11) is 4.54. The summed E-state index contributed by atoms with van der Waals surface area (Å²) in [5.41, 5.74) is 0. The molecule has 29 heteroatoms. The Kier molecular flexibility index (Phi) is 32.0. The van der Waals surface area contributed by atoms with Crippen molar-refractivity contribution in [3.05, 3.63) is 0 Å². The molecule has 1 fully saturated rings. The maximum absolute atomic E-state index is 13.2. The van der Waals surface area contributed by atoms with Crippen LogP contribution in [0.5, 0.6) is 0 Å². The number of nitrogens with zero attached hydrogens (tertiary/aromatic N) is 1. The molecule has 0 spiro atoms. The van der Waals surface area contributed by atoms with E-state index >= 15 is 0 Å². The van der Waals surface area contributed by atoms with Gasteiger partial charge in [0.1, 0.15) is 54.9 Å². The number of rotatable bonds is 38. The molecular weight excluding hydrogens is 965 g/mol. The fraction of sp³-hybridized carbons (Fsp3) is 0.902. The smallest absolute Gasteiger partial charge is 0.229 e. The van der Waals surface area contributed by atoms with Crippen molar-refractivity contribution in [3.8, 4) is 0 Å². The van der Waals surface area contributed by atoms with Crippen LogP contribution in [0, 0.1) is 0 Å². The number of thiol groups is 1. The Morgan fingerprint density at radius 3 is 1.93 bits per heavy atom. The first-order valence-corrected chi connectivity index (χ1v) is 23.1. The number of likely N-dealkylation sites (N-methyl/N-ethyl adjacent to an activating group) is 1. The largest absolute Gasteiger partial charge is 0.396 e. The van der Waals surface area contributed by atoms with Gasteiger partial charge in [-0.25, -0.2) is 0 Å². The van der Waals surface area contributed by atoms with Gasteiger partial charge in [-0.15, -0.1) is 0 Å². The number of aldehydes is 1. The number of nitrogens with one attached hydrogen (secondary N) is 3. The second-order valence-electron chi connectivity index (χ2n) is 16.4. The zero-order valence-corrected chi connectivity index (χ0v) is 41.1. The van der Waals surface area contributed by atoms with Crippen molar-refractivity contribution in [2.24, 2.45) is 0 Å². The highest BCUT2D eigenvalue weighted by atomic mass is 32.1. The van der Waals surface area contributed by atoms with Gasteiger partial charge in [-0.1, -0.05) is 0 Å². The molecule has 70 heavy (non-hydrogen) atoms. The average Bonchev–Trinajstić information content (AvgIpc) is 3.33. The molecule has 412 valence electrons. The molecule has 1 aliphatic heterocycles. The first-order valence-electron chi connectivity index (χ1n) is 22.5. The zero-order valence-electron chi connectivity index (χ0n) is 40.2. The second kappa shape index (κ2) is 34.1. The summed E-state index contributed by atoms with van der Waals surface area (Å²) < 4.78 is 40.5. The van der Waals surface area contributed by atoms with Gasteiger partial charge >= 0.3 is 0 Å². The van der Waals surface area contributed by atoms with E-state index in [0.29, 0.717) is 12.2 Å². The Labute approximate surface area is 411 Å². The number of amides is 3. The fourth-order valence-electron chi connectivity index (χ4n) is 7.50. The van der Waals surface area contributed by atoms with Crippen molar-refractivity contribution in [2.45, 2.75) is 162 Å². The highest BCUT2D eigenvalue weighted by Crippen LogP contribution is 2.36. The van der Waals surface area contributed by atoms with Crippen LogP contribution in [-0.2, 0) is 57.2 Å². The number of aliphatic hydroxyl groups excluding tert-OH is 12. The predicted molar refractivity (Wildman–Crippen MR) is 241 cm³/mol. The van der Waals surface area contributed by atoms with Crippen molar-refractivity contribution in [2.75, 3.05) is 73.7 Å². The van der Waals surface area contributed by atoms with Gasteiger partial charge in [-0.3, -0.25) is 24.0 Å². The standard InChI is InChI=1S/C41H78N4O24S/c1-21(51)43-29-24(54)18-41(20-50,69-37(29)32(58)25(55)19-49)68-36(27(11-15-48)67-39(63-5)30(44-22(2)52)31(57)23(53)9-13-46)35(61)40(64-6)66-26(10-14-47)33(59)34(60)38(62-4)45(3)65-16-12-42-28(56)8-7-17-70/h20,23-27,29-40,46-49,53-55,57-61,70H,7-19H2,1-6H3,(H,42,56)(H,43,51)(H,44,52)/t23-,24?,25+,26+,27-,29+,30?,31?,32+,33?,34?,35?,36?,37?,38+,39-,40-,41+/m0/s1. The normalized spacial score (nSPS) is 24.7. The number of ether oxygens (including phenoxy) is 7. The number of carbonyl (C=O) groups is 4. The Bertz CT molecular complexity index is 1490. The number of methoxy groups -OCH3 is 3. The zero-order chi connectivity index (χ0) is 53.3. The van der Waals surface area contributed by atoms with Crippen molar-refractivity contribution >= 4 is 36.6 Å². The van der Waals surface area contributed by atoms with Crippen LogP contribution in [0.25, 0.3) is 0 Å². The van der Waals surface area contributed by atoms with Crippen molar-refractivity contribution in [3.63, 3.8) is 0 Å². The van der Waals surface area contributed by atoms with E-state index in [1.54, 1.807) is 0 Å². The summed E-state index contributed by atoms with van der Waals surface area (Å²) >= 11 is 4.07. The summed E-state index contributed by atoms with van der Waals surface area (Å²) in [6.45, 7) is -1.18. The maximum Gasteiger partial charge on any atom is 0.229 e. The Balaban J connectivity index is 3.91. The topological polar surface area (TPSA) is 424 Å². The highest BCUT2D eigenvalue weighted by molar-refractivity contribution is 7.80. The SMILES string of the molecule is CO[C@@H](O[C@H](CCO)C(O)C(O)[C@@H](OC)N(C)OCCNC(=O)CCCS)C(O)C(O[C@]1(C=O)CC(O)[C@@H](NC(C)=O)C([C@H](O)[C@H](O)CO)O1)[C@H](CCO)O[C@H](OC)C(NC(C)=O)C(O)[C@@H](O)CCO. The van der Waals surface area contributed by atoms with Gasteiger partial charge in [-0.05, 0) is 31.4 Å². The average molecular weight is 1040 g/mol. The van der Waals surface area contributed by atoms with Crippen molar-refractivity contribution < 1.29 is 118 Å². The molecule has 0 saturated carbocycles. The lowest BCUT2D eigenvalue weighted by Gasteiger charge is -2.49. The Hall–Kier alpha value is -2.41.